The number of aromatic nitrogens is 3. The zero-order valence-corrected chi connectivity index (χ0v) is 15.9. The third kappa shape index (κ3) is 5.65. The first kappa shape index (κ1) is 19.6. The normalized spacial score (nSPS) is 10.5. The molecule has 144 valence electrons. The molecule has 0 aliphatic carbocycles. The second-order valence-corrected chi connectivity index (χ2v) is 6.80. The summed E-state index contributed by atoms with van der Waals surface area (Å²) < 4.78 is 18.2. The molecule has 28 heavy (non-hydrogen) atoms. The highest BCUT2D eigenvalue weighted by molar-refractivity contribution is 8.00. The van der Waals surface area contributed by atoms with Gasteiger partial charge in [0.2, 0.25) is 11.9 Å². The Hall–Kier alpha value is -3.20. The number of ether oxygens (including phenoxy) is 1. The van der Waals surface area contributed by atoms with Gasteiger partial charge in [-0.15, -0.1) is 11.8 Å². The van der Waals surface area contributed by atoms with Gasteiger partial charge in [-0.2, -0.15) is 15.0 Å². The molecule has 7 nitrogen and oxygen atoms in total. The van der Waals surface area contributed by atoms with E-state index in [1.807, 2.05) is 31.2 Å². The summed E-state index contributed by atoms with van der Waals surface area (Å²) in [6, 6.07) is 13.5. The van der Waals surface area contributed by atoms with Gasteiger partial charge in [-0.1, -0.05) is 18.2 Å². The van der Waals surface area contributed by atoms with Crippen molar-refractivity contribution in [1.29, 1.82) is 0 Å². The maximum atomic E-state index is 13.0. The van der Waals surface area contributed by atoms with E-state index in [4.69, 9.17) is 10.5 Å². The van der Waals surface area contributed by atoms with Crippen molar-refractivity contribution in [2.24, 2.45) is 0 Å². The largest absolute Gasteiger partial charge is 0.457 e. The van der Waals surface area contributed by atoms with E-state index in [-0.39, 0.29) is 41.9 Å². The van der Waals surface area contributed by atoms with Crippen molar-refractivity contribution in [3.63, 3.8) is 0 Å². The van der Waals surface area contributed by atoms with E-state index in [0.717, 1.165) is 10.5 Å². The number of carbonyl (C=O) groups is 1. The Bertz CT molecular complexity index is 969. The van der Waals surface area contributed by atoms with Crippen LogP contribution in [0.5, 0.6) is 0 Å². The van der Waals surface area contributed by atoms with Crippen LogP contribution in [0, 0.1) is 12.7 Å². The van der Waals surface area contributed by atoms with E-state index in [1.165, 1.54) is 36.0 Å². The summed E-state index contributed by atoms with van der Waals surface area (Å²) in [6.45, 7) is 1.86. The molecule has 1 aromatic heterocycles. The van der Waals surface area contributed by atoms with Gasteiger partial charge in [-0.05, 0) is 42.8 Å². The van der Waals surface area contributed by atoms with E-state index in [9.17, 15) is 9.18 Å². The summed E-state index contributed by atoms with van der Waals surface area (Å²) >= 11 is 1.40. The predicted octanol–water partition coefficient (Wildman–Crippen LogP) is 3.48. The number of aryl methyl sites for hydroxylation is 1. The molecule has 1 heterocycles. The number of thioether (sulfide) groups is 1. The summed E-state index contributed by atoms with van der Waals surface area (Å²) in [4.78, 5) is 25.1. The molecule has 0 spiro atoms. The van der Waals surface area contributed by atoms with Crippen LogP contribution in [-0.2, 0) is 16.1 Å². The molecular weight excluding hydrogens is 381 g/mol. The van der Waals surface area contributed by atoms with E-state index >= 15 is 0 Å². The molecule has 0 radical (unpaired) electrons. The number of nitrogens with one attached hydrogen (secondary N) is 1. The van der Waals surface area contributed by atoms with E-state index < -0.39 is 0 Å². The molecule has 0 atom stereocenters. The van der Waals surface area contributed by atoms with Crippen molar-refractivity contribution in [3.8, 4) is 0 Å². The average Bonchev–Trinajstić information content (AvgIpc) is 2.67. The van der Waals surface area contributed by atoms with Crippen molar-refractivity contribution in [3.05, 3.63) is 65.7 Å². The zero-order valence-electron chi connectivity index (χ0n) is 15.1. The topological polar surface area (TPSA) is 103 Å². The summed E-state index contributed by atoms with van der Waals surface area (Å²) in [7, 11) is 0. The molecule has 0 aliphatic rings. The minimum absolute atomic E-state index is 0.0139. The first-order valence-electron chi connectivity index (χ1n) is 8.36. The molecule has 2 aromatic carbocycles. The van der Waals surface area contributed by atoms with Crippen LogP contribution < -0.4 is 11.1 Å². The molecule has 3 aromatic rings. The first-order chi connectivity index (χ1) is 13.5. The molecule has 0 saturated carbocycles. The van der Waals surface area contributed by atoms with Crippen LogP contribution in [0.2, 0.25) is 0 Å². The summed E-state index contributed by atoms with van der Waals surface area (Å²) in [5, 5.41) is 2.90. The lowest BCUT2D eigenvalue weighted by Gasteiger charge is -2.08. The number of rotatable bonds is 7. The Labute approximate surface area is 165 Å². The van der Waals surface area contributed by atoms with Crippen molar-refractivity contribution < 1.29 is 13.9 Å². The maximum absolute atomic E-state index is 13.0. The van der Waals surface area contributed by atoms with Gasteiger partial charge in [-0.25, -0.2) is 4.39 Å². The van der Waals surface area contributed by atoms with E-state index in [2.05, 4.69) is 20.3 Å². The number of halogens is 1. The van der Waals surface area contributed by atoms with Crippen LogP contribution in [0.15, 0.2) is 53.4 Å². The Morgan fingerprint density at radius 3 is 2.64 bits per heavy atom. The Morgan fingerprint density at radius 2 is 1.89 bits per heavy atom. The Kier molecular flexibility index (Phi) is 6.38. The highest BCUT2D eigenvalue weighted by Crippen LogP contribution is 2.22. The van der Waals surface area contributed by atoms with Gasteiger partial charge in [0.15, 0.2) is 12.4 Å². The molecule has 0 aliphatic heterocycles. The van der Waals surface area contributed by atoms with Crippen LogP contribution in [0.1, 0.15) is 11.4 Å². The number of esters is 1. The molecular formula is C19H18FN5O2S. The van der Waals surface area contributed by atoms with Gasteiger partial charge in [0, 0.05) is 10.6 Å². The summed E-state index contributed by atoms with van der Waals surface area (Å²) in [5.41, 5.74) is 7.37. The lowest BCUT2D eigenvalue weighted by molar-refractivity contribution is -0.141. The summed E-state index contributed by atoms with van der Waals surface area (Å²) in [6.07, 6.45) is 0. The minimum atomic E-state index is -0.389. The fraction of sp³-hybridized carbons (Fsp3) is 0.158. The quantitative estimate of drug-likeness (QED) is 0.460. The summed E-state index contributed by atoms with van der Waals surface area (Å²) in [5.74, 6) is -0.186. The Balaban J connectivity index is 1.56. The average molecular weight is 399 g/mol. The fourth-order valence-electron chi connectivity index (χ4n) is 2.26. The van der Waals surface area contributed by atoms with Crippen LogP contribution in [-0.4, -0.2) is 26.7 Å². The molecule has 0 unspecified atom stereocenters. The smallest absolute Gasteiger partial charge is 0.316 e. The number of nitrogen functional groups attached to an aromatic ring is 1. The van der Waals surface area contributed by atoms with E-state index in [0.29, 0.717) is 5.69 Å². The number of nitrogens with two attached hydrogens (primary N) is 1. The van der Waals surface area contributed by atoms with E-state index in [1.54, 1.807) is 0 Å². The molecule has 0 fully saturated rings. The number of benzene rings is 2. The molecule has 3 N–H and O–H groups in total. The molecule has 3 rings (SSSR count). The van der Waals surface area contributed by atoms with Crippen molar-refractivity contribution in [2.45, 2.75) is 18.4 Å². The van der Waals surface area contributed by atoms with Crippen molar-refractivity contribution in [2.75, 3.05) is 16.8 Å². The number of hydrogen-bond acceptors (Lipinski definition) is 8. The van der Waals surface area contributed by atoms with Crippen LogP contribution >= 0.6 is 11.8 Å². The van der Waals surface area contributed by atoms with Crippen LogP contribution in [0.3, 0.4) is 0 Å². The number of carbonyl (C=O) groups excluding carboxylic acids is 1. The van der Waals surface area contributed by atoms with Gasteiger partial charge in [-0.3, -0.25) is 4.79 Å². The highest BCUT2D eigenvalue weighted by atomic mass is 32.2. The fourth-order valence-corrected chi connectivity index (χ4v) is 3.09. The second-order valence-electron chi connectivity index (χ2n) is 5.78. The lowest BCUT2D eigenvalue weighted by atomic mass is 10.2. The third-order valence-electron chi connectivity index (χ3n) is 3.60. The lowest BCUT2D eigenvalue weighted by Crippen LogP contribution is -2.12. The molecule has 9 heteroatoms. The van der Waals surface area contributed by atoms with Crippen LogP contribution in [0.25, 0.3) is 0 Å². The van der Waals surface area contributed by atoms with Crippen molar-refractivity contribution >= 4 is 35.3 Å². The maximum Gasteiger partial charge on any atom is 0.316 e. The van der Waals surface area contributed by atoms with Gasteiger partial charge >= 0.3 is 5.97 Å². The zero-order chi connectivity index (χ0) is 19.9. The first-order valence-corrected chi connectivity index (χ1v) is 9.35. The third-order valence-corrected chi connectivity index (χ3v) is 4.75. The number of hydrogen-bond donors (Lipinski definition) is 2. The standard InChI is InChI=1S/C19H18FN5O2S/c1-12-4-2-3-5-15(12)28-11-17(26)27-10-16-23-18(21)25-19(24-16)22-14-8-6-13(20)7-9-14/h2-9H,10-11H2,1H3,(H3,21,22,23,24,25). The number of nitrogens with zero attached hydrogens (tertiary/aromatic N) is 3. The van der Waals surface area contributed by atoms with Crippen LogP contribution in [0.4, 0.5) is 22.0 Å². The van der Waals surface area contributed by atoms with Gasteiger partial charge in [0.1, 0.15) is 5.82 Å². The second kappa shape index (κ2) is 9.14. The highest BCUT2D eigenvalue weighted by Gasteiger charge is 2.10. The molecule has 0 bridgehead atoms. The van der Waals surface area contributed by atoms with Gasteiger partial charge in [0.05, 0.1) is 5.75 Å². The van der Waals surface area contributed by atoms with Crippen molar-refractivity contribution in [1.82, 2.24) is 15.0 Å². The Morgan fingerprint density at radius 1 is 1.14 bits per heavy atom. The SMILES string of the molecule is Cc1ccccc1SCC(=O)OCc1nc(N)nc(Nc2ccc(F)cc2)n1. The van der Waals surface area contributed by atoms with Gasteiger partial charge in [0.25, 0.3) is 0 Å². The minimum Gasteiger partial charge on any atom is -0.457 e. The number of anilines is 3. The van der Waals surface area contributed by atoms with Gasteiger partial charge < -0.3 is 15.8 Å². The monoisotopic (exact) mass is 399 g/mol. The molecule has 0 amide bonds. The predicted molar refractivity (Wildman–Crippen MR) is 106 cm³/mol. The molecule has 0 saturated heterocycles.